The van der Waals surface area contributed by atoms with Crippen molar-refractivity contribution in [2.45, 2.75) is 6.04 Å². The molecule has 0 bridgehead atoms. The van der Waals surface area contributed by atoms with Gasteiger partial charge < -0.3 is 29.3 Å². The average Bonchev–Trinajstić information content (AvgIpc) is 2.61. The van der Waals surface area contributed by atoms with Crippen molar-refractivity contribution in [3.8, 4) is 5.75 Å². The zero-order valence-corrected chi connectivity index (χ0v) is 15.1. The number of aliphatic carboxylic acids is 2. The van der Waals surface area contributed by atoms with E-state index in [2.05, 4.69) is 31.1 Å². The molecule has 0 saturated carbocycles. The maximum Gasteiger partial charge on any atom is 0.328 e. The first-order valence-corrected chi connectivity index (χ1v) is 7.95. The van der Waals surface area contributed by atoms with Gasteiger partial charge in [0.1, 0.15) is 12.5 Å². The summed E-state index contributed by atoms with van der Waals surface area (Å²) in [7, 11) is 5.86. The lowest BCUT2D eigenvalue weighted by atomic mass is 9.92. The lowest BCUT2D eigenvalue weighted by molar-refractivity contribution is -0.139. The van der Waals surface area contributed by atoms with Gasteiger partial charge >= 0.3 is 11.9 Å². The minimum atomic E-state index is -1.26. The molecular weight excluding hydrogens is 342 g/mol. The van der Waals surface area contributed by atoms with Gasteiger partial charge in [-0.05, 0) is 31.8 Å². The van der Waals surface area contributed by atoms with E-state index in [1.54, 1.807) is 7.11 Å². The van der Waals surface area contributed by atoms with Crippen LogP contribution < -0.4 is 4.74 Å². The molecule has 1 aromatic carbocycles. The molecule has 144 valence electrons. The van der Waals surface area contributed by atoms with Gasteiger partial charge in [-0.2, -0.15) is 0 Å². The topological polar surface area (TPSA) is 106 Å². The molecule has 2 rings (SSSR count). The highest BCUT2D eigenvalue weighted by Crippen LogP contribution is 2.31. The zero-order valence-electron chi connectivity index (χ0n) is 15.1. The van der Waals surface area contributed by atoms with Gasteiger partial charge in [-0.3, -0.25) is 0 Å². The number of ether oxygens (including phenoxy) is 3. The van der Waals surface area contributed by atoms with Crippen LogP contribution in [0.25, 0.3) is 0 Å². The molecule has 26 heavy (non-hydrogen) atoms. The van der Waals surface area contributed by atoms with Crippen LogP contribution in [0.3, 0.4) is 0 Å². The number of nitrogens with zero attached hydrogens (tertiary/aromatic N) is 1. The first-order chi connectivity index (χ1) is 12.3. The van der Waals surface area contributed by atoms with E-state index < -0.39 is 11.9 Å². The van der Waals surface area contributed by atoms with Gasteiger partial charge in [-0.25, -0.2) is 9.59 Å². The third-order valence-corrected chi connectivity index (χ3v) is 3.64. The van der Waals surface area contributed by atoms with Crippen LogP contribution in [-0.4, -0.2) is 68.3 Å². The molecule has 1 atom stereocenters. The van der Waals surface area contributed by atoms with Crippen LogP contribution >= 0.6 is 0 Å². The molecule has 8 heteroatoms. The Labute approximate surface area is 152 Å². The molecule has 8 nitrogen and oxygen atoms in total. The van der Waals surface area contributed by atoms with E-state index in [1.807, 2.05) is 12.1 Å². The lowest BCUT2D eigenvalue weighted by Crippen LogP contribution is -2.36. The normalized spacial score (nSPS) is 16.0. The minimum Gasteiger partial charge on any atom is -0.497 e. The maximum absolute atomic E-state index is 9.55. The van der Waals surface area contributed by atoms with Crippen molar-refractivity contribution in [3.05, 3.63) is 42.0 Å². The van der Waals surface area contributed by atoms with E-state index in [0.717, 1.165) is 19.0 Å². The number of carboxylic acids is 2. The fourth-order valence-corrected chi connectivity index (χ4v) is 2.65. The van der Waals surface area contributed by atoms with Crippen LogP contribution in [0, 0.1) is 5.92 Å². The minimum absolute atomic E-state index is 0.278. The molecule has 0 aromatic heterocycles. The number of carbonyl (C=O) groups is 2. The van der Waals surface area contributed by atoms with Crippen molar-refractivity contribution in [2.75, 3.05) is 41.2 Å². The Morgan fingerprint density at radius 1 is 1.19 bits per heavy atom. The second-order valence-electron chi connectivity index (χ2n) is 5.81. The van der Waals surface area contributed by atoms with Crippen LogP contribution in [-0.2, 0) is 19.1 Å². The highest BCUT2D eigenvalue weighted by molar-refractivity contribution is 5.89. The molecule has 1 aromatic rings. The number of hydrogen-bond acceptors (Lipinski definition) is 6. The molecule has 1 unspecified atom stereocenters. The standard InChI is InChI=1S/C14H21NO3.C4H4O4/c1-15(2)14(12-8-17-10-18-9-12)11-5-4-6-13(7-11)16-3;5-3(6)1-2-4(7)8/h4-7,12,14H,8-10H2,1-3H3;1-2H,(H,5,6)(H,7,8)/b;2-1-. The fourth-order valence-electron chi connectivity index (χ4n) is 2.65. The number of rotatable bonds is 6. The molecule has 1 aliphatic heterocycles. The van der Waals surface area contributed by atoms with E-state index in [0.29, 0.717) is 24.9 Å². The largest absolute Gasteiger partial charge is 0.497 e. The Bertz CT molecular complexity index is 593. The molecule has 1 heterocycles. The quantitative estimate of drug-likeness (QED) is 0.731. The van der Waals surface area contributed by atoms with Crippen molar-refractivity contribution < 1.29 is 34.0 Å². The van der Waals surface area contributed by atoms with Crippen molar-refractivity contribution in [3.63, 3.8) is 0 Å². The molecule has 0 amide bonds. The van der Waals surface area contributed by atoms with E-state index in [1.165, 1.54) is 5.56 Å². The SMILES string of the molecule is COc1cccc(C(C2COCOC2)N(C)C)c1.O=C(O)/C=C\C(=O)O. The highest BCUT2D eigenvalue weighted by Gasteiger charge is 2.28. The Morgan fingerprint density at radius 3 is 2.23 bits per heavy atom. The molecule has 0 radical (unpaired) electrons. The number of methoxy groups -OCH3 is 1. The van der Waals surface area contributed by atoms with Crippen LogP contribution in [0.2, 0.25) is 0 Å². The molecule has 2 N–H and O–H groups in total. The van der Waals surface area contributed by atoms with Gasteiger partial charge in [-0.1, -0.05) is 12.1 Å². The van der Waals surface area contributed by atoms with Gasteiger partial charge in [0.25, 0.3) is 0 Å². The Morgan fingerprint density at radius 2 is 1.77 bits per heavy atom. The second-order valence-corrected chi connectivity index (χ2v) is 5.81. The number of carboxylic acid groups (broad SMARTS) is 2. The van der Waals surface area contributed by atoms with Gasteiger partial charge in [0.05, 0.1) is 20.3 Å². The smallest absolute Gasteiger partial charge is 0.328 e. The molecule has 1 aliphatic rings. The number of benzene rings is 1. The third kappa shape index (κ3) is 7.64. The summed E-state index contributed by atoms with van der Waals surface area (Å²) in [6.07, 6.45) is 1.12. The average molecular weight is 367 g/mol. The Balaban J connectivity index is 0.000000359. The summed E-state index contributed by atoms with van der Waals surface area (Å²) in [5.41, 5.74) is 1.23. The van der Waals surface area contributed by atoms with E-state index in [9.17, 15) is 9.59 Å². The maximum atomic E-state index is 9.55. The number of hydrogen-bond donors (Lipinski definition) is 2. The van der Waals surface area contributed by atoms with Crippen molar-refractivity contribution in [1.29, 1.82) is 0 Å². The third-order valence-electron chi connectivity index (χ3n) is 3.64. The summed E-state index contributed by atoms with van der Waals surface area (Å²) in [4.78, 5) is 21.3. The van der Waals surface area contributed by atoms with E-state index >= 15 is 0 Å². The summed E-state index contributed by atoms with van der Waals surface area (Å²) in [5, 5.41) is 15.6. The summed E-state index contributed by atoms with van der Waals surface area (Å²) in [6, 6.07) is 8.47. The summed E-state index contributed by atoms with van der Waals surface area (Å²) >= 11 is 0. The predicted octanol–water partition coefficient (Wildman–Crippen LogP) is 1.63. The molecule has 1 saturated heterocycles. The molecule has 1 fully saturated rings. The van der Waals surface area contributed by atoms with Crippen molar-refractivity contribution in [2.24, 2.45) is 5.92 Å². The Kier molecular flexibility index (Phi) is 9.35. The molecular formula is C18H25NO7. The lowest BCUT2D eigenvalue weighted by Gasteiger charge is -2.34. The van der Waals surface area contributed by atoms with Crippen molar-refractivity contribution >= 4 is 11.9 Å². The van der Waals surface area contributed by atoms with Crippen LogP contribution in [0.15, 0.2) is 36.4 Å². The zero-order chi connectivity index (χ0) is 19.5. The van der Waals surface area contributed by atoms with Crippen LogP contribution in [0.5, 0.6) is 5.75 Å². The van der Waals surface area contributed by atoms with Crippen molar-refractivity contribution in [1.82, 2.24) is 4.90 Å². The first-order valence-electron chi connectivity index (χ1n) is 7.95. The summed E-state index contributed by atoms with van der Waals surface area (Å²) < 4.78 is 16.1. The van der Waals surface area contributed by atoms with Gasteiger partial charge in [-0.15, -0.1) is 0 Å². The fraction of sp³-hybridized carbons (Fsp3) is 0.444. The van der Waals surface area contributed by atoms with Crippen LogP contribution in [0.1, 0.15) is 11.6 Å². The second kappa shape index (κ2) is 11.2. The van der Waals surface area contributed by atoms with E-state index in [4.69, 9.17) is 24.4 Å². The predicted molar refractivity (Wildman–Crippen MR) is 94.1 cm³/mol. The first kappa shape index (κ1) is 21.6. The highest BCUT2D eigenvalue weighted by atomic mass is 16.7. The molecule has 0 spiro atoms. The van der Waals surface area contributed by atoms with Gasteiger partial charge in [0.2, 0.25) is 0 Å². The monoisotopic (exact) mass is 367 g/mol. The summed E-state index contributed by atoms with van der Waals surface area (Å²) in [6.45, 7) is 1.88. The molecule has 0 aliphatic carbocycles. The van der Waals surface area contributed by atoms with Gasteiger partial charge in [0, 0.05) is 24.1 Å². The van der Waals surface area contributed by atoms with Gasteiger partial charge in [0.15, 0.2) is 0 Å². The summed E-state index contributed by atoms with van der Waals surface area (Å²) in [5.74, 6) is -1.28. The van der Waals surface area contributed by atoms with E-state index in [-0.39, 0.29) is 6.04 Å². The van der Waals surface area contributed by atoms with Crippen LogP contribution in [0.4, 0.5) is 0 Å². The Hall–Kier alpha value is -2.42.